The average molecular weight is 461 g/mol. The number of ether oxygens (including phenoxy) is 1. The van der Waals surface area contributed by atoms with Gasteiger partial charge in [-0.3, -0.25) is 14.4 Å². The molecule has 0 bridgehead atoms. The molecule has 0 aromatic carbocycles. The van der Waals surface area contributed by atoms with Crippen molar-refractivity contribution in [3.63, 3.8) is 0 Å². The molecule has 1 saturated heterocycles. The normalized spacial score (nSPS) is 27.3. The van der Waals surface area contributed by atoms with Crippen molar-refractivity contribution in [2.75, 3.05) is 20.2 Å². The fourth-order valence-electron chi connectivity index (χ4n) is 5.65. The summed E-state index contributed by atoms with van der Waals surface area (Å²) in [7, 11) is 1.29. The first kappa shape index (κ1) is 23.8. The average Bonchev–Trinajstić information content (AvgIpc) is 3.30. The van der Waals surface area contributed by atoms with Crippen molar-refractivity contribution in [1.82, 2.24) is 10.1 Å². The standard InChI is InChI=1S/C25H36N2O6/c1-25(2,3)11-14-9-16(10-14)23-21(15-5-6-15)22(26-33-23)17-12-27(13-18(17)24(30)31)19(28)7-8-20(29)32-4/h14-18H,5-13H2,1-4H3,(H,30,31)/t14-,16+,17-,18-/m0/s1. The largest absolute Gasteiger partial charge is 0.481 e. The number of likely N-dealkylation sites (tertiary alicyclic amines) is 1. The van der Waals surface area contributed by atoms with E-state index in [1.54, 1.807) is 4.90 Å². The van der Waals surface area contributed by atoms with Gasteiger partial charge in [-0.15, -0.1) is 0 Å². The van der Waals surface area contributed by atoms with Crippen LogP contribution in [0.3, 0.4) is 0 Å². The number of rotatable bonds is 8. The highest BCUT2D eigenvalue weighted by molar-refractivity contribution is 5.83. The number of hydrogen-bond donors (Lipinski definition) is 1. The SMILES string of the molecule is COC(=O)CCC(=O)N1C[C@H](C(=O)O)[C@@H](c2noc([C@H]3C[C@@H](CC(C)(C)C)C3)c2C2CC2)C1. The fraction of sp³-hybridized carbons (Fsp3) is 0.760. The van der Waals surface area contributed by atoms with E-state index in [1.807, 2.05) is 0 Å². The van der Waals surface area contributed by atoms with Gasteiger partial charge in [0.15, 0.2) is 0 Å². The van der Waals surface area contributed by atoms with Gasteiger partial charge in [-0.25, -0.2) is 0 Å². The van der Waals surface area contributed by atoms with Gasteiger partial charge in [-0.1, -0.05) is 25.9 Å². The lowest BCUT2D eigenvalue weighted by atomic mass is 9.66. The molecule has 2 atom stereocenters. The van der Waals surface area contributed by atoms with E-state index in [2.05, 4.69) is 30.7 Å². The minimum absolute atomic E-state index is 0.00686. The van der Waals surface area contributed by atoms with Gasteiger partial charge in [0, 0.05) is 36.9 Å². The Hall–Kier alpha value is -2.38. The minimum atomic E-state index is -0.927. The second-order valence-electron chi connectivity index (χ2n) is 11.3. The predicted molar refractivity (Wildman–Crippen MR) is 120 cm³/mol. The molecule has 1 N–H and O–H groups in total. The number of carboxylic acid groups (broad SMARTS) is 1. The van der Waals surface area contributed by atoms with Gasteiger partial charge in [0.05, 0.1) is 25.1 Å². The number of carboxylic acids is 1. The first-order valence-electron chi connectivity index (χ1n) is 12.1. The van der Waals surface area contributed by atoms with E-state index >= 15 is 0 Å². The molecule has 4 rings (SSSR count). The van der Waals surface area contributed by atoms with Crippen molar-refractivity contribution in [3.8, 4) is 0 Å². The number of esters is 1. The summed E-state index contributed by atoms with van der Waals surface area (Å²) in [6.45, 7) is 7.23. The monoisotopic (exact) mass is 460 g/mol. The van der Waals surface area contributed by atoms with Crippen molar-refractivity contribution in [3.05, 3.63) is 17.0 Å². The van der Waals surface area contributed by atoms with Crippen LogP contribution in [0.1, 0.15) is 100 Å². The van der Waals surface area contributed by atoms with Crippen molar-refractivity contribution in [2.24, 2.45) is 17.3 Å². The number of carbonyl (C=O) groups excluding carboxylic acids is 2. The van der Waals surface area contributed by atoms with E-state index in [-0.39, 0.29) is 31.2 Å². The molecule has 3 aliphatic rings. The minimum Gasteiger partial charge on any atom is -0.481 e. The van der Waals surface area contributed by atoms with Crippen molar-refractivity contribution < 1.29 is 28.8 Å². The zero-order valence-corrected chi connectivity index (χ0v) is 20.1. The van der Waals surface area contributed by atoms with E-state index in [0.29, 0.717) is 29.7 Å². The molecule has 182 valence electrons. The van der Waals surface area contributed by atoms with Crippen LogP contribution in [0.5, 0.6) is 0 Å². The second kappa shape index (κ2) is 9.11. The van der Waals surface area contributed by atoms with Crippen LogP contribution < -0.4 is 0 Å². The third-order valence-corrected chi connectivity index (χ3v) is 7.39. The lowest BCUT2D eigenvalue weighted by molar-refractivity contribution is -0.144. The molecule has 2 saturated carbocycles. The Kier molecular flexibility index (Phi) is 6.56. The predicted octanol–water partition coefficient (Wildman–Crippen LogP) is 4.06. The number of amides is 1. The van der Waals surface area contributed by atoms with E-state index in [0.717, 1.165) is 42.7 Å². The number of hydrogen-bond acceptors (Lipinski definition) is 6. The Morgan fingerprint density at radius 2 is 1.82 bits per heavy atom. The number of carbonyl (C=O) groups is 3. The molecule has 33 heavy (non-hydrogen) atoms. The molecular weight excluding hydrogens is 424 g/mol. The van der Waals surface area contributed by atoms with Crippen LogP contribution >= 0.6 is 0 Å². The highest BCUT2D eigenvalue weighted by Gasteiger charge is 2.47. The van der Waals surface area contributed by atoms with Gasteiger partial charge in [0.25, 0.3) is 0 Å². The summed E-state index contributed by atoms with van der Waals surface area (Å²) >= 11 is 0. The third kappa shape index (κ3) is 5.25. The smallest absolute Gasteiger partial charge is 0.309 e. The maximum atomic E-state index is 12.6. The lowest BCUT2D eigenvalue weighted by Gasteiger charge is -2.38. The topological polar surface area (TPSA) is 110 Å². The second-order valence-corrected chi connectivity index (χ2v) is 11.3. The molecule has 0 radical (unpaired) electrons. The van der Waals surface area contributed by atoms with Gasteiger partial charge in [0.1, 0.15) is 5.76 Å². The summed E-state index contributed by atoms with van der Waals surface area (Å²) in [5.74, 6) is -0.317. The molecule has 1 amide bonds. The molecule has 1 aliphatic heterocycles. The Morgan fingerprint density at radius 3 is 2.39 bits per heavy atom. The van der Waals surface area contributed by atoms with E-state index in [1.165, 1.54) is 13.5 Å². The number of nitrogens with zero attached hydrogens (tertiary/aromatic N) is 2. The number of methoxy groups -OCH3 is 1. The molecule has 0 spiro atoms. The Bertz CT molecular complexity index is 906. The Labute approximate surface area is 195 Å². The Morgan fingerprint density at radius 1 is 1.12 bits per heavy atom. The van der Waals surface area contributed by atoms with Crippen molar-refractivity contribution in [2.45, 2.75) is 83.5 Å². The van der Waals surface area contributed by atoms with Crippen LogP contribution in [0.25, 0.3) is 0 Å². The molecule has 8 nitrogen and oxygen atoms in total. The maximum absolute atomic E-state index is 12.6. The van der Waals surface area contributed by atoms with E-state index < -0.39 is 17.9 Å². The fourth-order valence-corrected chi connectivity index (χ4v) is 5.65. The zero-order valence-electron chi connectivity index (χ0n) is 20.1. The van der Waals surface area contributed by atoms with Crippen LogP contribution in [0.4, 0.5) is 0 Å². The van der Waals surface area contributed by atoms with Crippen LogP contribution in [0, 0.1) is 17.3 Å². The molecule has 1 aromatic heterocycles. The van der Waals surface area contributed by atoms with E-state index in [4.69, 9.17) is 4.52 Å². The van der Waals surface area contributed by atoms with Gasteiger partial charge in [-0.2, -0.15) is 0 Å². The highest BCUT2D eigenvalue weighted by Crippen LogP contribution is 2.54. The first-order chi connectivity index (χ1) is 15.6. The van der Waals surface area contributed by atoms with Gasteiger partial charge in [-0.05, 0) is 49.4 Å². The van der Waals surface area contributed by atoms with Crippen LogP contribution in [0.15, 0.2) is 4.52 Å². The molecule has 0 unspecified atom stereocenters. The summed E-state index contributed by atoms with van der Waals surface area (Å²) in [5.41, 5.74) is 2.17. The highest BCUT2D eigenvalue weighted by atomic mass is 16.5. The summed E-state index contributed by atoms with van der Waals surface area (Å²) in [6.07, 6.45) is 5.54. The zero-order chi connectivity index (χ0) is 23.9. The van der Waals surface area contributed by atoms with Crippen LogP contribution in [-0.4, -0.2) is 53.2 Å². The van der Waals surface area contributed by atoms with Crippen LogP contribution in [0.2, 0.25) is 0 Å². The molecule has 1 aromatic rings. The molecule has 3 fully saturated rings. The third-order valence-electron chi connectivity index (χ3n) is 7.39. The van der Waals surface area contributed by atoms with Gasteiger partial charge >= 0.3 is 11.9 Å². The molecule has 8 heteroatoms. The number of aliphatic carboxylic acids is 1. The lowest BCUT2D eigenvalue weighted by Crippen LogP contribution is -2.30. The Balaban J connectivity index is 1.50. The summed E-state index contributed by atoms with van der Waals surface area (Å²) in [4.78, 5) is 37.7. The van der Waals surface area contributed by atoms with Gasteiger partial charge < -0.3 is 19.3 Å². The first-order valence-corrected chi connectivity index (χ1v) is 12.1. The van der Waals surface area contributed by atoms with Crippen LogP contribution in [-0.2, 0) is 19.1 Å². The molecule has 2 aliphatic carbocycles. The van der Waals surface area contributed by atoms with E-state index in [9.17, 15) is 19.5 Å². The summed E-state index contributed by atoms with van der Waals surface area (Å²) < 4.78 is 10.5. The van der Waals surface area contributed by atoms with Gasteiger partial charge in [0.2, 0.25) is 5.91 Å². The molecular formula is C25H36N2O6. The number of aromatic nitrogens is 1. The van der Waals surface area contributed by atoms with Crippen molar-refractivity contribution in [1.29, 1.82) is 0 Å². The quantitative estimate of drug-likeness (QED) is 0.583. The summed E-state index contributed by atoms with van der Waals surface area (Å²) in [6, 6.07) is 0. The van der Waals surface area contributed by atoms with Crippen molar-refractivity contribution >= 4 is 17.8 Å². The maximum Gasteiger partial charge on any atom is 0.309 e. The summed E-state index contributed by atoms with van der Waals surface area (Å²) in [5, 5.41) is 14.3. The molecule has 2 heterocycles.